The number of aromatic amines is 1. The van der Waals surface area contributed by atoms with Gasteiger partial charge in [-0.3, -0.25) is 15.0 Å². The van der Waals surface area contributed by atoms with Gasteiger partial charge < -0.3 is 30.2 Å². The number of aromatic nitrogens is 1. The second-order valence-corrected chi connectivity index (χ2v) is 8.83. The van der Waals surface area contributed by atoms with Gasteiger partial charge in [0.05, 0.1) is 16.9 Å². The lowest BCUT2D eigenvalue weighted by molar-refractivity contribution is -0.154. The van der Waals surface area contributed by atoms with Crippen LogP contribution in [0.4, 0.5) is 10.5 Å². The molecule has 1 aromatic carbocycles. The van der Waals surface area contributed by atoms with Gasteiger partial charge in [0.1, 0.15) is 12.9 Å². The molecule has 13 heteroatoms. The van der Waals surface area contributed by atoms with Crippen LogP contribution in [0.15, 0.2) is 29.4 Å². The molecule has 0 bridgehead atoms. The van der Waals surface area contributed by atoms with Crippen molar-refractivity contribution in [3.8, 4) is 0 Å². The average molecular weight is 541 g/mol. The molecule has 0 aliphatic heterocycles. The minimum atomic E-state index is -1.05. The molecule has 3 amide bonds. The molecule has 0 radical (unpaired) electrons. The lowest BCUT2D eigenvalue weighted by Crippen LogP contribution is -2.40. The minimum absolute atomic E-state index is 0.0966. The topological polar surface area (TPSA) is 186 Å². The number of rotatable bonds is 11. The number of anilines is 1. The molecule has 1 aliphatic rings. The summed E-state index contributed by atoms with van der Waals surface area (Å²) in [6.07, 6.45) is 3.70. The summed E-state index contributed by atoms with van der Waals surface area (Å²) in [6, 6.07) is 4.84. The van der Waals surface area contributed by atoms with E-state index in [0.717, 1.165) is 30.5 Å². The molecule has 1 heterocycles. The number of hydrogen-bond acceptors (Lipinski definition) is 8. The normalized spacial score (nSPS) is 12.9. The zero-order chi connectivity index (χ0) is 28.5. The van der Waals surface area contributed by atoms with Gasteiger partial charge in [0.25, 0.3) is 11.8 Å². The van der Waals surface area contributed by atoms with Crippen LogP contribution in [-0.4, -0.2) is 72.1 Å². The van der Waals surface area contributed by atoms with E-state index in [-0.39, 0.29) is 40.6 Å². The van der Waals surface area contributed by atoms with Crippen LogP contribution in [0.1, 0.15) is 63.7 Å². The van der Waals surface area contributed by atoms with E-state index in [2.05, 4.69) is 25.3 Å². The molecule has 39 heavy (non-hydrogen) atoms. The number of amides is 3. The van der Waals surface area contributed by atoms with Gasteiger partial charge in [-0.15, -0.1) is 0 Å². The number of carbonyl (C=O) groups excluding carboxylic acids is 4. The van der Waals surface area contributed by atoms with Crippen molar-refractivity contribution < 1.29 is 33.8 Å². The lowest BCUT2D eigenvalue weighted by Gasteiger charge is -2.25. The van der Waals surface area contributed by atoms with Crippen LogP contribution >= 0.6 is 0 Å². The Kier molecular flexibility index (Phi) is 9.92. The van der Waals surface area contributed by atoms with Crippen molar-refractivity contribution in [1.82, 2.24) is 15.6 Å². The van der Waals surface area contributed by atoms with Crippen LogP contribution in [-0.2, 0) is 14.3 Å². The summed E-state index contributed by atoms with van der Waals surface area (Å²) in [7, 11) is 0. The highest BCUT2D eigenvalue weighted by molar-refractivity contribution is 6.24. The summed E-state index contributed by atoms with van der Waals surface area (Å²) >= 11 is 0. The maximum Gasteiger partial charge on any atom is 0.423 e. The number of benzene rings is 1. The fourth-order valence-corrected chi connectivity index (χ4v) is 3.64. The summed E-state index contributed by atoms with van der Waals surface area (Å²) in [5.41, 5.74) is 2.08. The van der Waals surface area contributed by atoms with Crippen LogP contribution in [0, 0.1) is 19.3 Å². The maximum absolute atomic E-state index is 13.4. The SMILES string of the molecule is CCCNC(=O)c1ccc(C)c(N(C(=O)OCOC(=O)CO)C(=NC=N)c2[nH]cc(C(=O)NC3CC3)c2C)c1. The van der Waals surface area contributed by atoms with Gasteiger partial charge in [-0.1, -0.05) is 13.0 Å². The third kappa shape index (κ3) is 7.29. The molecule has 0 spiro atoms. The van der Waals surface area contributed by atoms with E-state index in [4.69, 9.17) is 15.3 Å². The van der Waals surface area contributed by atoms with E-state index in [1.165, 1.54) is 12.3 Å². The molecule has 0 saturated heterocycles. The molecular formula is C26H32N6O7. The Morgan fingerprint density at radius 2 is 1.95 bits per heavy atom. The number of nitrogens with zero attached hydrogens (tertiary/aromatic N) is 2. The molecule has 13 nitrogen and oxygen atoms in total. The van der Waals surface area contributed by atoms with Crippen LogP contribution in [0.25, 0.3) is 0 Å². The van der Waals surface area contributed by atoms with Crippen molar-refractivity contribution in [2.75, 3.05) is 24.8 Å². The third-order valence-electron chi connectivity index (χ3n) is 5.88. The quantitative estimate of drug-likeness (QED) is 0.125. The highest BCUT2D eigenvalue weighted by atomic mass is 16.7. The number of aliphatic hydroxyl groups is 1. The molecule has 5 N–H and O–H groups in total. The Hall–Kier alpha value is -4.52. The molecule has 1 fully saturated rings. The highest BCUT2D eigenvalue weighted by Crippen LogP contribution is 2.27. The van der Waals surface area contributed by atoms with Gasteiger partial charge in [0.2, 0.25) is 6.79 Å². The van der Waals surface area contributed by atoms with Crippen LogP contribution < -0.4 is 15.5 Å². The first kappa shape index (κ1) is 29.0. The van der Waals surface area contributed by atoms with E-state index in [1.807, 2.05) is 6.92 Å². The van der Waals surface area contributed by atoms with E-state index in [9.17, 15) is 19.2 Å². The largest absolute Gasteiger partial charge is 0.426 e. The number of H-pyrrole nitrogens is 1. The number of ether oxygens (including phenoxy) is 2. The third-order valence-corrected chi connectivity index (χ3v) is 5.88. The molecule has 1 aromatic heterocycles. The van der Waals surface area contributed by atoms with Crippen molar-refractivity contribution >= 4 is 41.7 Å². The summed E-state index contributed by atoms with van der Waals surface area (Å²) in [4.78, 5) is 58.2. The number of esters is 1. The molecule has 1 aliphatic carbocycles. The lowest BCUT2D eigenvalue weighted by atomic mass is 10.1. The van der Waals surface area contributed by atoms with Crippen molar-refractivity contribution in [1.29, 1.82) is 5.41 Å². The number of aliphatic imine (C=N–C) groups is 1. The van der Waals surface area contributed by atoms with E-state index in [0.29, 0.717) is 23.2 Å². The smallest absolute Gasteiger partial charge is 0.423 e. The van der Waals surface area contributed by atoms with Gasteiger partial charge in [-0.2, -0.15) is 0 Å². The molecule has 2 aromatic rings. The zero-order valence-electron chi connectivity index (χ0n) is 22.0. The molecule has 0 atom stereocenters. The second kappa shape index (κ2) is 13.3. The Morgan fingerprint density at radius 3 is 2.59 bits per heavy atom. The van der Waals surface area contributed by atoms with Crippen molar-refractivity contribution in [2.24, 2.45) is 4.99 Å². The summed E-state index contributed by atoms with van der Waals surface area (Å²) < 4.78 is 9.80. The predicted octanol–water partition coefficient (Wildman–Crippen LogP) is 2.15. The molecule has 208 valence electrons. The minimum Gasteiger partial charge on any atom is -0.426 e. The zero-order valence-corrected chi connectivity index (χ0v) is 22.0. The van der Waals surface area contributed by atoms with Crippen molar-refractivity contribution in [3.63, 3.8) is 0 Å². The fraction of sp³-hybridized carbons (Fsp3) is 0.385. The Balaban J connectivity index is 2.07. The number of carbonyl (C=O) groups is 4. The Labute approximate surface area is 225 Å². The van der Waals surface area contributed by atoms with Crippen LogP contribution in [0.3, 0.4) is 0 Å². The number of aryl methyl sites for hydroxylation is 1. The summed E-state index contributed by atoms with van der Waals surface area (Å²) in [6.45, 7) is 4.04. The second-order valence-electron chi connectivity index (χ2n) is 8.83. The first-order valence-corrected chi connectivity index (χ1v) is 12.4. The van der Waals surface area contributed by atoms with E-state index < -0.39 is 25.5 Å². The molecule has 1 saturated carbocycles. The Bertz CT molecular complexity index is 1280. The summed E-state index contributed by atoms with van der Waals surface area (Å²) in [5, 5.41) is 22.2. The molecule has 0 unspecified atom stereocenters. The van der Waals surface area contributed by atoms with Gasteiger partial charge in [-0.05, 0) is 56.4 Å². The number of nitrogens with one attached hydrogen (secondary N) is 4. The first-order valence-electron chi connectivity index (χ1n) is 12.4. The maximum atomic E-state index is 13.4. The highest BCUT2D eigenvalue weighted by Gasteiger charge is 2.31. The van der Waals surface area contributed by atoms with Crippen molar-refractivity contribution in [2.45, 2.75) is 46.1 Å². The van der Waals surface area contributed by atoms with Gasteiger partial charge in [0.15, 0.2) is 5.84 Å². The molecule has 3 rings (SSSR count). The van der Waals surface area contributed by atoms with Crippen molar-refractivity contribution in [3.05, 3.63) is 52.3 Å². The monoisotopic (exact) mass is 540 g/mol. The first-order chi connectivity index (χ1) is 18.7. The Morgan fingerprint density at radius 1 is 1.21 bits per heavy atom. The summed E-state index contributed by atoms with van der Waals surface area (Å²) in [5.74, 6) is -1.74. The number of aliphatic hydroxyl groups excluding tert-OH is 1. The van der Waals surface area contributed by atoms with Gasteiger partial charge in [0, 0.05) is 24.3 Å². The van der Waals surface area contributed by atoms with Gasteiger partial charge >= 0.3 is 12.1 Å². The number of hydrogen-bond donors (Lipinski definition) is 5. The predicted molar refractivity (Wildman–Crippen MR) is 142 cm³/mol. The molecular weight excluding hydrogens is 508 g/mol. The van der Waals surface area contributed by atoms with Crippen LogP contribution in [0.5, 0.6) is 0 Å². The van der Waals surface area contributed by atoms with Gasteiger partial charge in [-0.25, -0.2) is 19.5 Å². The standard InChI is InChI=1S/C26H32N6O7/c1-4-9-28-24(35)17-6-5-15(2)20(10-17)32(26(37)39-14-38-21(34)12-33)23(30-13-27)22-16(3)19(11-29-22)25(36)31-18-7-8-18/h5-6,10-11,13,18,27,29,33H,4,7-9,12,14H2,1-3H3,(H,28,35)(H,31,36). The van der Waals surface area contributed by atoms with Crippen LogP contribution in [0.2, 0.25) is 0 Å². The fourth-order valence-electron chi connectivity index (χ4n) is 3.64. The number of amidine groups is 1. The van der Waals surface area contributed by atoms with E-state index >= 15 is 0 Å². The van der Waals surface area contributed by atoms with E-state index in [1.54, 1.807) is 26.0 Å². The average Bonchev–Trinajstić information content (AvgIpc) is 3.65.